The van der Waals surface area contributed by atoms with E-state index in [0.29, 0.717) is 5.78 Å². The van der Waals surface area contributed by atoms with E-state index in [1.165, 1.54) is 17.0 Å². The molecule has 1 aromatic carbocycles. The van der Waals surface area contributed by atoms with E-state index < -0.39 is 0 Å². The van der Waals surface area contributed by atoms with Crippen molar-refractivity contribution in [2.24, 2.45) is 0 Å². The Kier molecular flexibility index (Phi) is 3.37. The molecule has 2 rings (SSSR count). The van der Waals surface area contributed by atoms with Crippen molar-refractivity contribution < 1.29 is 4.79 Å². The van der Waals surface area contributed by atoms with Crippen LogP contribution >= 0.6 is 0 Å². The van der Waals surface area contributed by atoms with Crippen LogP contribution in [-0.2, 0) is 10.2 Å². The first-order chi connectivity index (χ1) is 7.97. The van der Waals surface area contributed by atoms with Gasteiger partial charge in [-0.05, 0) is 29.4 Å². The van der Waals surface area contributed by atoms with Gasteiger partial charge in [-0.1, -0.05) is 45.0 Å². The molecular weight excluding hydrogens is 208 g/mol. The van der Waals surface area contributed by atoms with Crippen LogP contribution < -0.4 is 0 Å². The van der Waals surface area contributed by atoms with E-state index in [1.807, 2.05) is 0 Å². The van der Waals surface area contributed by atoms with E-state index in [0.717, 1.165) is 25.7 Å². The van der Waals surface area contributed by atoms with E-state index in [4.69, 9.17) is 0 Å². The number of Topliss-reactive ketones (excluding diaryl/α,β-unsaturated/α-hetero) is 1. The Hall–Kier alpha value is -1.11. The number of hydrogen-bond acceptors (Lipinski definition) is 1. The van der Waals surface area contributed by atoms with Crippen molar-refractivity contribution in [1.82, 2.24) is 0 Å². The molecule has 1 aromatic rings. The maximum Gasteiger partial charge on any atom is 0.132 e. The van der Waals surface area contributed by atoms with Gasteiger partial charge in [-0.2, -0.15) is 0 Å². The number of rotatable bonds is 1. The summed E-state index contributed by atoms with van der Waals surface area (Å²) in [6.45, 7) is 6.71. The van der Waals surface area contributed by atoms with Gasteiger partial charge in [0.2, 0.25) is 0 Å². The predicted molar refractivity (Wildman–Crippen MR) is 71.0 cm³/mol. The molecule has 91 valence electrons. The second kappa shape index (κ2) is 4.64. The van der Waals surface area contributed by atoms with Crippen LogP contribution in [0, 0.1) is 5.92 Å². The van der Waals surface area contributed by atoms with Crippen molar-refractivity contribution in [3.05, 3.63) is 41.3 Å². The molecule has 0 spiro atoms. The fourth-order valence-electron chi connectivity index (χ4n) is 2.32. The summed E-state index contributed by atoms with van der Waals surface area (Å²) in [5.74, 6) is 1.87. The highest BCUT2D eigenvalue weighted by Gasteiger charge is 2.22. The molecule has 1 heteroatoms. The Labute approximate surface area is 104 Å². The summed E-state index contributed by atoms with van der Waals surface area (Å²) in [5.41, 5.74) is 2.91. The monoisotopic (exact) mass is 229 g/mol. The van der Waals surface area contributed by atoms with E-state index >= 15 is 0 Å². The van der Waals surface area contributed by atoms with Crippen molar-refractivity contribution in [1.29, 1.82) is 0 Å². The van der Waals surface area contributed by atoms with Crippen molar-refractivity contribution in [3.63, 3.8) is 0 Å². The molecule has 0 N–H and O–H groups in total. The molecule has 0 unspecified atom stereocenters. The molecule has 0 amide bonds. The quantitative estimate of drug-likeness (QED) is 0.710. The second-order valence-corrected chi connectivity index (χ2v) is 5.97. The Bertz CT molecular complexity index is 402. The van der Waals surface area contributed by atoms with Gasteiger partial charge in [0.05, 0.1) is 0 Å². The van der Waals surface area contributed by atoms with Gasteiger partial charge in [-0.3, -0.25) is 4.79 Å². The molecule has 17 heavy (non-hydrogen) atoms. The summed E-state index contributed by atoms with van der Waals surface area (Å²) < 4.78 is 0. The molecule has 1 aliphatic rings. The second-order valence-electron chi connectivity index (χ2n) is 5.97. The molecule has 0 aromatic heterocycles. The molecule has 1 aliphatic carbocycles. The molecule has 1 saturated carbocycles. The highest BCUT2D eigenvalue weighted by atomic mass is 16.1. The van der Waals surface area contributed by atoms with E-state index in [9.17, 15) is 4.79 Å². The third-order valence-electron chi connectivity index (χ3n) is 3.55. The highest BCUT2D eigenvalue weighted by Crippen LogP contribution is 2.32. The van der Waals surface area contributed by atoms with Gasteiger partial charge in [0.1, 0.15) is 5.78 Å². The van der Waals surface area contributed by atoms with Crippen LogP contribution in [0.5, 0.6) is 0 Å². The summed E-state index contributed by atoms with van der Waals surface area (Å²) in [6, 6.07) is 8.81. The van der Waals surface area contributed by atoms with Crippen LogP contribution in [0.1, 0.15) is 57.6 Å². The van der Waals surface area contributed by atoms with Gasteiger partial charge < -0.3 is 0 Å². The zero-order valence-electron chi connectivity index (χ0n) is 11.0. The van der Waals surface area contributed by atoms with Crippen LogP contribution in [0.4, 0.5) is 0 Å². The maximum absolute atomic E-state index is 11.3. The fraction of sp³-hybridized carbons (Fsp3) is 0.500. The Morgan fingerprint density at radius 3 is 2.24 bits per heavy atom. The summed E-state index contributed by atoms with van der Waals surface area (Å²) in [6.07, 6.45) is 3.36. The maximum atomic E-state index is 11.3. The number of benzene rings is 1. The lowest BCUT2D eigenvalue weighted by molar-refractivity contribution is -0.119. The fourth-order valence-corrected chi connectivity index (χ4v) is 2.32. The van der Waals surface area contributed by atoms with Crippen LogP contribution in [0.15, 0.2) is 24.3 Å². The lowest BCUT2D eigenvalue weighted by atomic mass is 9.80. The summed E-state index contributed by atoms with van der Waals surface area (Å²) in [5, 5.41) is 0. The largest absolute Gasteiger partial charge is 0.300 e. The molecule has 0 atom stereocenters. The van der Waals surface area contributed by atoms with Crippen molar-refractivity contribution >= 4 is 5.78 Å². The van der Waals surface area contributed by atoms with E-state index in [2.05, 4.69) is 45.0 Å². The zero-order chi connectivity index (χ0) is 12.5. The van der Waals surface area contributed by atoms with Crippen LogP contribution in [0.3, 0.4) is 0 Å². The molecular formula is C16H21O. The summed E-state index contributed by atoms with van der Waals surface area (Å²) in [7, 11) is 0. The van der Waals surface area contributed by atoms with Crippen LogP contribution in [0.2, 0.25) is 0 Å². The number of carbonyl (C=O) groups is 1. The molecule has 1 fully saturated rings. The first-order valence-electron chi connectivity index (χ1n) is 6.44. The molecule has 0 aliphatic heterocycles. The lowest BCUT2D eigenvalue weighted by Gasteiger charge is -2.24. The Balaban J connectivity index is 2.19. The molecule has 1 radical (unpaired) electrons. The third-order valence-corrected chi connectivity index (χ3v) is 3.55. The highest BCUT2D eigenvalue weighted by molar-refractivity contribution is 5.80. The third kappa shape index (κ3) is 2.96. The van der Waals surface area contributed by atoms with Crippen molar-refractivity contribution in [2.45, 2.75) is 51.9 Å². The minimum atomic E-state index is 0.195. The van der Waals surface area contributed by atoms with Crippen LogP contribution in [-0.4, -0.2) is 5.78 Å². The lowest BCUT2D eigenvalue weighted by Crippen LogP contribution is -2.15. The SMILES string of the molecule is CC(C)(C)c1cccc([C]2CCC(=O)CC2)c1. The van der Waals surface area contributed by atoms with Gasteiger partial charge in [-0.25, -0.2) is 0 Å². The van der Waals surface area contributed by atoms with Gasteiger partial charge in [0, 0.05) is 18.8 Å². The van der Waals surface area contributed by atoms with Gasteiger partial charge >= 0.3 is 0 Å². The minimum Gasteiger partial charge on any atom is -0.300 e. The number of hydrogen-bond donors (Lipinski definition) is 0. The van der Waals surface area contributed by atoms with Crippen LogP contribution in [0.25, 0.3) is 0 Å². The van der Waals surface area contributed by atoms with E-state index in [1.54, 1.807) is 0 Å². The Morgan fingerprint density at radius 1 is 1.00 bits per heavy atom. The van der Waals surface area contributed by atoms with Crippen molar-refractivity contribution in [2.75, 3.05) is 0 Å². The Morgan fingerprint density at radius 2 is 1.65 bits per heavy atom. The first-order valence-corrected chi connectivity index (χ1v) is 6.44. The first kappa shape index (κ1) is 12.3. The zero-order valence-corrected chi connectivity index (χ0v) is 11.0. The summed E-state index contributed by atoms with van der Waals surface area (Å²) in [4.78, 5) is 11.3. The minimum absolute atomic E-state index is 0.195. The predicted octanol–water partition coefficient (Wildman–Crippen LogP) is 4.05. The van der Waals surface area contributed by atoms with Gasteiger partial charge in [0.15, 0.2) is 0 Å². The van der Waals surface area contributed by atoms with Gasteiger partial charge in [0.25, 0.3) is 0 Å². The molecule has 1 nitrogen and oxygen atoms in total. The molecule has 0 bridgehead atoms. The topological polar surface area (TPSA) is 17.1 Å². The number of ketones is 1. The standard InChI is InChI=1S/C16H21O/c1-16(2,3)14-6-4-5-13(11-14)12-7-9-15(17)10-8-12/h4-6,11H,7-10H2,1-3H3. The van der Waals surface area contributed by atoms with Gasteiger partial charge in [-0.15, -0.1) is 0 Å². The average Bonchev–Trinajstić information content (AvgIpc) is 2.29. The van der Waals surface area contributed by atoms with E-state index in [-0.39, 0.29) is 5.41 Å². The molecule has 0 heterocycles. The van der Waals surface area contributed by atoms with Crippen molar-refractivity contribution in [3.8, 4) is 0 Å². The smallest absolute Gasteiger partial charge is 0.132 e. The number of carbonyl (C=O) groups excluding carboxylic acids is 1. The normalized spacial score (nSPS) is 18.4. The average molecular weight is 229 g/mol. The molecule has 0 saturated heterocycles. The summed E-state index contributed by atoms with van der Waals surface area (Å²) >= 11 is 0.